The van der Waals surface area contributed by atoms with E-state index in [9.17, 15) is 4.79 Å². The number of rotatable bonds is 10. The normalized spacial score (nSPS) is 17.8. The van der Waals surface area contributed by atoms with Gasteiger partial charge in [-0.3, -0.25) is 9.78 Å². The summed E-state index contributed by atoms with van der Waals surface area (Å²) < 4.78 is 11.1. The first kappa shape index (κ1) is 24.3. The van der Waals surface area contributed by atoms with Crippen molar-refractivity contribution in [1.82, 2.24) is 15.0 Å². The van der Waals surface area contributed by atoms with E-state index in [1.165, 1.54) is 16.8 Å². The van der Waals surface area contributed by atoms with E-state index in [4.69, 9.17) is 9.47 Å². The largest absolute Gasteiger partial charge is 0.458 e. The van der Waals surface area contributed by atoms with Crippen LogP contribution in [0.1, 0.15) is 68.2 Å². The number of piperidine rings is 1. The first-order valence-corrected chi connectivity index (χ1v) is 12.5. The number of allylic oxidation sites excluding steroid dienone is 2. The molecule has 2 aliphatic rings. The van der Waals surface area contributed by atoms with Crippen LogP contribution in [0.2, 0.25) is 0 Å². The first-order valence-electron chi connectivity index (χ1n) is 12.5. The minimum absolute atomic E-state index is 0.0392. The number of anilines is 1. The molecular formula is C27H36N4O3. The van der Waals surface area contributed by atoms with E-state index in [0.717, 1.165) is 44.6 Å². The number of hydrogen-bond acceptors (Lipinski definition) is 7. The van der Waals surface area contributed by atoms with Gasteiger partial charge in [0.15, 0.2) is 5.78 Å². The molecule has 0 N–H and O–H groups in total. The molecule has 4 rings (SSSR count). The maximum Gasteiger partial charge on any atom is 0.319 e. The van der Waals surface area contributed by atoms with Gasteiger partial charge in [-0.1, -0.05) is 32.4 Å². The highest BCUT2D eigenvalue weighted by atomic mass is 16.5. The Bertz CT molecular complexity index is 1030. The summed E-state index contributed by atoms with van der Waals surface area (Å²) in [6.07, 6.45) is 8.46. The van der Waals surface area contributed by atoms with Gasteiger partial charge in [-0.15, -0.1) is 0 Å². The molecule has 1 fully saturated rings. The number of methoxy groups -OCH3 is 1. The van der Waals surface area contributed by atoms with Crippen molar-refractivity contribution in [2.24, 2.45) is 11.8 Å². The van der Waals surface area contributed by atoms with Crippen molar-refractivity contribution in [3.63, 3.8) is 0 Å². The molecule has 0 amide bonds. The molecule has 0 radical (unpaired) electrons. The number of hydrogen-bond donors (Lipinski definition) is 0. The number of ketones is 1. The summed E-state index contributed by atoms with van der Waals surface area (Å²) in [5, 5.41) is 0. The summed E-state index contributed by atoms with van der Waals surface area (Å²) in [6.45, 7) is 8.28. The lowest BCUT2D eigenvalue weighted by molar-refractivity contribution is 0.0844. The lowest BCUT2D eigenvalue weighted by atomic mass is 9.86. The van der Waals surface area contributed by atoms with Crippen LogP contribution in [0.5, 0.6) is 6.01 Å². The van der Waals surface area contributed by atoms with Crippen LogP contribution in [0.25, 0.3) is 5.57 Å². The second-order valence-electron chi connectivity index (χ2n) is 9.54. The second-order valence-corrected chi connectivity index (χ2v) is 9.54. The van der Waals surface area contributed by atoms with Gasteiger partial charge in [0.2, 0.25) is 0 Å². The topological polar surface area (TPSA) is 77.4 Å². The second kappa shape index (κ2) is 11.1. The van der Waals surface area contributed by atoms with Gasteiger partial charge in [0, 0.05) is 45.3 Å². The SMILES string of the molecule is CC[C@@H](C)CC(=O)c1cc(N2CCC(C3=CCc4ncccc43)CC2)nc(O[C@@H](C)COC)n1. The Morgan fingerprint density at radius 1 is 1.24 bits per heavy atom. The van der Waals surface area contributed by atoms with Gasteiger partial charge in [-0.25, -0.2) is 0 Å². The summed E-state index contributed by atoms with van der Waals surface area (Å²) in [5.74, 6) is 1.64. The van der Waals surface area contributed by atoms with Crippen LogP contribution in [0, 0.1) is 11.8 Å². The van der Waals surface area contributed by atoms with Crippen LogP contribution in [0.4, 0.5) is 5.82 Å². The van der Waals surface area contributed by atoms with E-state index in [1.54, 1.807) is 7.11 Å². The Morgan fingerprint density at radius 3 is 2.76 bits per heavy atom. The van der Waals surface area contributed by atoms with Gasteiger partial charge >= 0.3 is 6.01 Å². The van der Waals surface area contributed by atoms with Gasteiger partial charge in [0.25, 0.3) is 0 Å². The summed E-state index contributed by atoms with van der Waals surface area (Å²) in [6, 6.07) is 6.30. The average molecular weight is 465 g/mol. The summed E-state index contributed by atoms with van der Waals surface area (Å²) >= 11 is 0. The molecular weight excluding hydrogens is 428 g/mol. The Balaban J connectivity index is 1.50. The number of carbonyl (C=O) groups excluding carboxylic acids is 1. The van der Waals surface area contributed by atoms with Gasteiger partial charge < -0.3 is 14.4 Å². The molecule has 2 aromatic rings. The Morgan fingerprint density at radius 2 is 2.03 bits per heavy atom. The molecule has 3 heterocycles. The van der Waals surface area contributed by atoms with Crippen molar-refractivity contribution in [1.29, 1.82) is 0 Å². The van der Waals surface area contributed by atoms with Crippen LogP contribution >= 0.6 is 0 Å². The minimum atomic E-state index is -0.202. The van der Waals surface area contributed by atoms with E-state index < -0.39 is 0 Å². The number of ether oxygens (including phenoxy) is 2. The number of Topliss-reactive ketones (excluding diaryl/α,β-unsaturated/α-hetero) is 1. The molecule has 7 heteroatoms. The molecule has 0 spiro atoms. The predicted octanol–water partition coefficient (Wildman–Crippen LogP) is 4.76. The van der Waals surface area contributed by atoms with Crippen LogP contribution < -0.4 is 9.64 Å². The molecule has 182 valence electrons. The van der Waals surface area contributed by atoms with Crippen LogP contribution in [0.15, 0.2) is 30.5 Å². The van der Waals surface area contributed by atoms with E-state index >= 15 is 0 Å². The lowest BCUT2D eigenvalue weighted by Crippen LogP contribution is -2.35. The predicted molar refractivity (Wildman–Crippen MR) is 133 cm³/mol. The number of nitrogens with zero attached hydrogens (tertiary/aromatic N) is 4. The van der Waals surface area contributed by atoms with Crippen molar-refractivity contribution in [3.8, 4) is 6.01 Å². The van der Waals surface area contributed by atoms with Gasteiger partial charge in [0.05, 0.1) is 12.3 Å². The molecule has 1 saturated heterocycles. The zero-order valence-electron chi connectivity index (χ0n) is 20.8. The minimum Gasteiger partial charge on any atom is -0.458 e. The number of carbonyl (C=O) groups is 1. The fraction of sp³-hybridized carbons (Fsp3) is 0.556. The van der Waals surface area contributed by atoms with Crippen LogP contribution in [0.3, 0.4) is 0 Å². The number of aromatic nitrogens is 3. The van der Waals surface area contributed by atoms with E-state index in [1.807, 2.05) is 25.3 Å². The van der Waals surface area contributed by atoms with Gasteiger partial charge in [-0.05, 0) is 48.8 Å². The summed E-state index contributed by atoms with van der Waals surface area (Å²) in [7, 11) is 1.64. The highest BCUT2D eigenvalue weighted by molar-refractivity contribution is 5.95. The third-order valence-corrected chi connectivity index (χ3v) is 6.89. The third kappa shape index (κ3) is 5.63. The quantitative estimate of drug-likeness (QED) is 0.469. The van der Waals surface area contributed by atoms with Gasteiger partial charge in [-0.2, -0.15) is 9.97 Å². The van der Waals surface area contributed by atoms with Crippen molar-refractivity contribution in [2.45, 2.75) is 59.0 Å². The van der Waals surface area contributed by atoms with Crippen molar-refractivity contribution in [2.75, 3.05) is 31.7 Å². The van der Waals surface area contributed by atoms with Crippen molar-refractivity contribution < 1.29 is 14.3 Å². The number of fused-ring (bicyclic) bond motifs is 1. The fourth-order valence-electron chi connectivity index (χ4n) is 4.77. The van der Waals surface area contributed by atoms with Crippen LogP contribution in [-0.2, 0) is 11.2 Å². The summed E-state index contributed by atoms with van der Waals surface area (Å²) in [4.78, 5) is 28.9. The Labute approximate surface area is 202 Å². The van der Waals surface area contributed by atoms with E-state index in [2.05, 4.69) is 45.8 Å². The fourth-order valence-corrected chi connectivity index (χ4v) is 4.77. The molecule has 1 aliphatic heterocycles. The zero-order valence-corrected chi connectivity index (χ0v) is 20.8. The van der Waals surface area contributed by atoms with Crippen LogP contribution in [-0.4, -0.2) is 53.6 Å². The molecule has 0 unspecified atom stereocenters. The molecule has 0 saturated carbocycles. The standard InChI is InChI=1S/C27H36N4O3/c1-5-18(2)15-25(32)24-16-26(30-27(29-24)34-19(3)17-33-4)31-13-10-20(11-14-31)21-8-9-23-22(21)7-6-12-28-23/h6-8,12,16,18-20H,5,9-11,13-15,17H2,1-4H3/t18-,19+/m1/s1. The molecule has 7 nitrogen and oxygen atoms in total. The monoisotopic (exact) mass is 464 g/mol. The smallest absolute Gasteiger partial charge is 0.319 e. The molecule has 1 aliphatic carbocycles. The number of pyridine rings is 1. The molecule has 34 heavy (non-hydrogen) atoms. The van der Waals surface area contributed by atoms with E-state index in [0.29, 0.717) is 30.6 Å². The maximum atomic E-state index is 13.0. The maximum absolute atomic E-state index is 13.0. The third-order valence-electron chi connectivity index (χ3n) is 6.89. The van der Waals surface area contributed by atoms with E-state index in [-0.39, 0.29) is 17.9 Å². The lowest BCUT2D eigenvalue weighted by Gasteiger charge is -2.34. The van der Waals surface area contributed by atoms with Gasteiger partial charge in [0.1, 0.15) is 17.6 Å². The Kier molecular flexibility index (Phi) is 7.93. The highest BCUT2D eigenvalue weighted by Gasteiger charge is 2.28. The zero-order chi connectivity index (χ0) is 24.1. The average Bonchev–Trinajstić information content (AvgIpc) is 3.28. The Hall–Kier alpha value is -2.80. The molecule has 0 aromatic carbocycles. The first-order chi connectivity index (χ1) is 16.5. The highest BCUT2D eigenvalue weighted by Crippen LogP contribution is 2.37. The molecule has 0 bridgehead atoms. The van der Waals surface area contributed by atoms with Crippen molar-refractivity contribution >= 4 is 17.2 Å². The van der Waals surface area contributed by atoms with Crippen molar-refractivity contribution in [3.05, 3.63) is 47.4 Å². The summed E-state index contributed by atoms with van der Waals surface area (Å²) in [5.41, 5.74) is 4.37. The molecule has 2 aromatic heterocycles. The molecule has 2 atom stereocenters.